The quantitative estimate of drug-likeness (QED) is 0.676. The predicted octanol–water partition coefficient (Wildman–Crippen LogP) is 3.93. The number of carbonyl (C=O) groups is 1. The van der Waals surface area contributed by atoms with E-state index in [4.69, 9.17) is 4.74 Å². The standard InChI is InChI=1S/C20H15F2N3O4S/c1-2-25-19-18(4-3-9-23-19)29-17-8-6-13(11-14(17)20(25)26)30(27,28)24-12-5-7-15(21)16(22)10-12/h3-11,24H,2H2,1H3. The molecule has 30 heavy (non-hydrogen) atoms. The lowest BCUT2D eigenvalue weighted by Crippen LogP contribution is -2.30. The number of amides is 1. The molecule has 0 radical (unpaired) electrons. The molecule has 0 saturated carbocycles. The van der Waals surface area contributed by atoms with Gasteiger partial charge in [0.25, 0.3) is 15.9 Å². The van der Waals surface area contributed by atoms with Gasteiger partial charge in [0.15, 0.2) is 23.2 Å². The first-order valence-corrected chi connectivity index (χ1v) is 10.3. The molecule has 154 valence electrons. The average Bonchev–Trinajstić information content (AvgIpc) is 2.83. The van der Waals surface area contributed by atoms with Crippen LogP contribution in [-0.4, -0.2) is 25.9 Å². The molecule has 0 aliphatic carbocycles. The molecule has 0 spiro atoms. The second-order valence-corrected chi connectivity index (χ2v) is 8.05. The van der Waals surface area contributed by atoms with E-state index in [0.717, 1.165) is 18.2 Å². The first-order chi connectivity index (χ1) is 14.3. The largest absolute Gasteiger partial charge is 0.453 e. The van der Waals surface area contributed by atoms with E-state index < -0.39 is 27.6 Å². The van der Waals surface area contributed by atoms with Gasteiger partial charge in [0.2, 0.25) is 0 Å². The summed E-state index contributed by atoms with van der Waals surface area (Å²) in [5.74, 6) is -1.90. The SMILES string of the molecule is CCN1C(=O)c2cc(S(=O)(=O)Nc3ccc(F)c(F)c3)ccc2Oc2cccnc21. The molecule has 7 nitrogen and oxygen atoms in total. The minimum absolute atomic E-state index is 0.0306. The summed E-state index contributed by atoms with van der Waals surface area (Å²) in [5.41, 5.74) is -0.124. The van der Waals surface area contributed by atoms with Crippen LogP contribution in [0, 0.1) is 11.6 Å². The van der Waals surface area contributed by atoms with Crippen LogP contribution in [0.3, 0.4) is 0 Å². The van der Waals surface area contributed by atoms with Crippen molar-refractivity contribution in [1.82, 2.24) is 4.98 Å². The van der Waals surface area contributed by atoms with Gasteiger partial charge in [-0.05, 0) is 49.4 Å². The van der Waals surface area contributed by atoms with Gasteiger partial charge in [0, 0.05) is 18.8 Å². The van der Waals surface area contributed by atoms with E-state index >= 15 is 0 Å². The zero-order valence-electron chi connectivity index (χ0n) is 15.6. The van der Waals surface area contributed by atoms with Gasteiger partial charge in [-0.1, -0.05) is 0 Å². The number of carbonyl (C=O) groups excluding carboxylic acids is 1. The van der Waals surface area contributed by atoms with Gasteiger partial charge in [-0.15, -0.1) is 0 Å². The molecule has 10 heteroatoms. The third-order valence-electron chi connectivity index (χ3n) is 4.45. The molecule has 0 atom stereocenters. The zero-order valence-corrected chi connectivity index (χ0v) is 16.4. The van der Waals surface area contributed by atoms with Crippen molar-refractivity contribution in [2.45, 2.75) is 11.8 Å². The number of nitrogens with one attached hydrogen (secondary N) is 1. The number of anilines is 2. The van der Waals surface area contributed by atoms with Crippen LogP contribution in [0.1, 0.15) is 17.3 Å². The second kappa shape index (κ2) is 7.38. The Kier molecular flexibility index (Phi) is 4.86. The third kappa shape index (κ3) is 3.45. The molecule has 2 aromatic carbocycles. The third-order valence-corrected chi connectivity index (χ3v) is 5.83. The summed E-state index contributed by atoms with van der Waals surface area (Å²) in [5, 5.41) is 0. The summed E-state index contributed by atoms with van der Waals surface area (Å²) in [4.78, 5) is 18.4. The minimum Gasteiger partial charge on any atom is -0.453 e. The Morgan fingerprint density at radius 3 is 2.60 bits per heavy atom. The van der Waals surface area contributed by atoms with E-state index in [1.807, 2.05) is 0 Å². The summed E-state index contributed by atoms with van der Waals surface area (Å²) in [6.07, 6.45) is 1.52. The van der Waals surface area contributed by atoms with Crippen LogP contribution < -0.4 is 14.4 Å². The summed E-state index contributed by atoms with van der Waals surface area (Å²) < 4.78 is 59.9. The maximum absolute atomic E-state index is 13.4. The highest BCUT2D eigenvalue weighted by atomic mass is 32.2. The molecule has 0 unspecified atom stereocenters. The molecule has 0 bridgehead atoms. The fourth-order valence-electron chi connectivity index (χ4n) is 3.02. The summed E-state index contributed by atoms with van der Waals surface area (Å²) in [7, 11) is -4.18. The normalized spacial score (nSPS) is 13.2. The molecule has 3 aromatic rings. The van der Waals surface area contributed by atoms with Crippen molar-refractivity contribution in [3.8, 4) is 11.5 Å². The zero-order chi connectivity index (χ0) is 21.5. The first-order valence-electron chi connectivity index (χ1n) is 8.87. The highest BCUT2D eigenvalue weighted by Crippen LogP contribution is 2.38. The van der Waals surface area contributed by atoms with Gasteiger partial charge in [-0.25, -0.2) is 22.2 Å². The number of fused-ring (bicyclic) bond motifs is 2. The van der Waals surface area contributed by atoms with E-state index in [1.165, 1.54) is 29.3 Å². The van der Waals surface area contributed by atoms with Gasteiger partial charge in [-0.2, -0.15) is 0 Å². The fourth-order valence-corrected chi connectivity index (χ4v) is 4.10. The average molecular weight is 431 g/mol. The van der Waals surface area contributed by atoms with E-state index in [1.54, 1.807) is 19.1 Å². The van der Waals surface area contributed by atoms with Gasteiger partial charge in [0.1, 0.15) is 5.75 Å². The van der Waals surface area contributed by atoms with Crippen molar-refractivity contribution in [2.24, 2.45) is 0 Å². The molecule has 0 fully saturated rings. The topological polar surface area (TPSA) is 88.6 Å². The monoisotopic (exact) mass is 431 g/mol. The molecule has 0 saturated heterocycles. The molecule has 1 amide bonds. The molecular weight excluding hydrogens is 416 g/mol. The molecular formula is C20H15F2N3O4S. The first kappa shape index (κ1) is 19.8. The number of benzene rings is 2. The number of aromatic nitrogens is 1. The number of rotatable bonds is 4. The Hall–Kier alpha value is -3.53. The highest BCUT2D eigenvalue weighted by Gasteiger charge is 2.30. The molecule has 1 aromatic heterocycles. The van der Waals surface area contributed by atoms with Crippen molar-refractivity contribution < 1.29 is 26.7 Å². The van der Waals surface area contributed by atoms with E-state index in [9.17, 15) is 22.0 Å². The highest BCUT2D eigenvalue weighted by molar-refractivity contribution is 7.92. The summed E-state index contributed by atoms with van der Waals surface area (Å²) >= 11 is 0. The molecule has 1 N–H and O–H groups in total. The van der Waals surface area contributed by atoms with Crippen LogP contribution in [-0.2, 0) is 10.0 Å². The van der Waals surface area contributed by atoms with Crippen molar-refractivity contribution in [3.63, 3.8) is 0 Å². The fraction of sp³-hybridized carbons (Fsp3) is 0.100. The van der Waals surface area contributed by atoms with Crippen LogP contribution >= 0.6 is 0 Å². The molecule has 1 aliphatic rings. The Balaban J connectivity index is 1.74. The maximum Gasteiger partial charge on any atom is 0.263 e. The molecule has 2 heterocycles. The van der Waals surface area contributed by atoms with Gasteiger partial charge >= 0.3 is 0 Å². The Morgan fingerprint density at radius 1 is 1.07 bits per heavy atom. The Bertz CT molecular complexity index is 1260. The van der Waals surface area contributed by atoms with Gasteiger partial charge < -0.3 is 4.74 Å². The van der Waals surface area contributed by atoms with E-state index in [0.29, 0.717) is 11.6 Å². The van der Waals surface area contributed by atoms with Crippen LogP contribution in [0.25, 0.3) is 0 Å². The van der Waals surface area contributed by atoms with Crippen LogP contribution in [0.2, 0.25) is 0 Å². The minimum atomic E-state index is -4.18. The van der Waals surface area contributed by atoms with Crippen LogP contribution in [0.4, 0.5) is 20.3 Å². The van der Waals surface area contributed by atoms with E-state index in [2.05, 4.69) is 9.71 Å². The smallest absolute Gasteiger partial charge is 0.263 e. The van der Waals surface area contributed by atoms with Crippen LogP contribution in [0.15, 0.2) is 59.6 Å². The lowest BCUT2D eigenvalue weighted by Gasteiger charge is -2.18. The molecule has 1 aliphatic heterocycles. The summed E-state index contributed by atoms with van der Waals surface area (Å²) in [6.45, 7) is 2.04. The lowest BCUT2D eigenvalue weighted by atomic mass is 10.2. The van der Waals surface area contributed by atoms with E-state index in [-0.39, 0.29) is 28.4 Å². The summed E-state index contributed by atoms with van der Waals surface area (Å²) in [6, 6.07) is 9.74. The maximum atomic E-state index is 13.4. The van der Waals surface area contributed by atoms with Crippen molar-refractivity contribution >= 4 is 27.4 Å². The number of nitrogens with zero attached hydrogens (tertiary/aromatic N) is 2. The van der Waals surface area contributed by atoms with Crippen molar-refractivity contribution in [2.75, 3.05) is 16.2 Å². The number of sulfonamides is 1. The predicted molar refractivity (Wildman–Crippen MR) is 105 cm³/mol. The second-order valence-electron chi connectivity index (χ2n) is 6.37. The Morgan fingerprint density at radius 2 is 1.87 bits per heavy atom. The number of hydrogen-bond acceptors (Lipinski definition) is 5. The molecule has 4 rings (SSSR count). The van der Waals surface area contributed by atoms with Crippen molar-refractivity contribution in [1.29, 1.82) is 0 Å². The number of ether oxygens (including phenoxy) is 1. The number of pyridine rings is 1. The van der Waals surface area contributed by atoms with Crippen molar-refractivity contribution in [3.05, 3.63) is 71.9 Å². The number of halogens is 2. The Labute approximate surface area is 171 Å². The van der Waals surface area contributed by atoms with Gasteiger partial charge in [0.05, 0.1) is 16.1 Å². The number of hydrogen-bond donors (Lipinski definition) is 1. The lowest BCUT2D eigenvalue weighted by molar-refractivity contribution is 0.0987. The van der Waals surface area contributed by atoms with Crippen LogP contribution in [0.5, 0.6) is 11.5 Å². The van der Waals surface area contributed by atoms with Gasteiger partial charge in [-0.3, -0.25) is 14.4 Å².